The van der Waals surface area contributed by atoms with Crippen LogP contribution in [-0.2, 0) is 33.9 Å². The number of thiazole rings is 1. The van der Waals surface area contributed by atoms with Gasteiger partial charge in [-0.2, -0.15) is 0 Å². The molecule has 0 bridgehead atoms. The number of nitrogens with zero attached hydrogens (tertiary/aromatic N) is 1. The summed E-state index contributed by atoms with van der Waals surface area (Å²) in [6.45, 7) is 3.59. The summed E-state index contributed by atoms with van der Waals surface area (Å²) >= 11 is 1.29. The summed E-state index contributed by atoms with van der Waals surface area (Å²) in [5.41, 5.74) is 4.95. The molecule has 3 N–H and O–H groups in total. The van der Waals surface area contributed by atoms with Crippen molar-refractivity contribution in [2.45, 2.75) is 19.3 Å². The van der Waals surface area contributed by atoms with Crippen molar-refractivity contribution in [2.75, 3.05) is 6.26 Å². The van der Waals surface area contributed by atoms with Gasteiger partial charge in [0.05, 0.1) is 17.0 Å². The second kappa shape index (κ2) is 7.69. The van der Waals surface area contributed by atoms with E-state index in [-0.39, 0.29) is 17.2 Å². The van der Waals surface area contributed by atoms with Gasteiger partial charge in [0.2, 0.25) is 5.91 Å². The van der Waals surface area contributed by atoms with Crippen molar-refractivity contribution in [3.63, 3.8) is 0 Å². The predicted octanol–water partition coefficient (Wildman–Crippen LogP) is 1.48. The van der Waals surface area contributed by atoms with E-state index < -0.39 is 9.84 Å². The van der Waals surface area contributed by atoms with Gasteiger partial charge >= 0.3 is 0 Å². The molecule has 8 heteroatoms. The first-order chi connectivity index (χ1) is 11.3. The number of benzene rings is 1. The van der Waals surface area contributed by atoms with Gasteiger partial charge in [-0.25, -0.2) is 19.2 Å². The van der Waals surface area contributed by atoms with E-state index in [0.717, 1.165) is 29.5 Å². The number of aromatic nitrogens is 1. The van der Waals surface area contributed by atoms with E-state index in [2.05, 4.69) is 17.0 Å². The van der Waals surface area contributed by atoms with Crippen LogP contribution < -0.4 is 11.3 Å². The van der Waals surface area contributed by atoms with Crippen LogP contribution in [0.15, 0.2) is 36.2 Å². The number of hydrogen-bond acceptors (Lipinski definition) is 6. The summed E-state index contributed by atoms with van der Waals surface area (Å²) in [6, 6.07) is 7.70. The zero-order valence-corrected chi connectivity index (χ0v) is 14.9. The van der Waals surface area contributed by atoms with E-state index >= 15 is 0 Å². The van der Waals surface area contributed by atoms with E-state index in [0.29, 0.717) is 11.4 Å². The highest BCUT2D eigenvalue weighted by molar-refractivity contribution is 8.00. The van der Waals surface area contributed by atoms with Gasteiger partial charge in [0.15, 0.2) is 9.84 Å². The maximum absolute atomic E-state index is 11.5. The van der Waals surface area contributed by atoms with Gasteiger partial charge in [0, 0.05) is 11.6 Å². The van der Waals surface area contributed by atoms with Crippen LogP contribution in [0, 0.1) is 0 Å². The minimum Gasteiger partial charge on any atom is -0.294 e. The predicted molar refractivity (Wildman–Crippen MR) is 95.9 cm³/mol. The summed E-state index contributed by atoms with van der Waals surface area (Å²) in [4.78, 5) is 15.6. The Balaban J connectivity index is 1.95. The monoisotopic (exact) mass is 365 g/mol. The van der Waals surface area contributed by atoms with Gasteiger partial charge in [0.25, 0.3) is 0 Å². The molecule has 1 heterocycles. The first-order valence-corrected chi connectivity index (χ1v) is 9.97. The maximum atomic E-state index is 11.5. The molecule has 24 heavy (non-hydrogen) atoms. The highest BCUT2D eigenvalue weighted by Gasteiger charge is 2.15. The minimum atomic E-state index is -3.31. The highest BCUT2D eigenvalue weighted by atomic mass is 32.2. The SMILES string of the molecule is C=C(c1nc(CCc2ccc(CC(=O)NN)cc2)cs1)S(C)(=O)=O. The molecule has 0 aliphatic rings. The van der Waals surface area contributed by atoms with Crippen molar-refractivity contribution < 1.29 is 13.2 Å². The Morgan fingerprint density at radius 2 is 1.88 bits per heavy atom. The van der Waals surface area contributed by atoms with Gasteiger partial charge in [-0.1, -0.05) is 30.8 Å². The first kappa shape index (κ1) is 18.3. The van der Waals surface area contributed by atoms with Gasteiger partial charge in [-0.3, -0.25) is 10.2 Å². The molecule has 0 fully saturated rings. The Hall–Kier alpha value is -2.03. The summed E-state index contributed by atoms with van der Waals surface area (Å²) in [6.07, 6.45) is 2.86. The molecule has 0 aliphatic carbocycles. The molecule has 1 aromatic heterocycles. The topological polar surface area (TPSA) is 102 Å². The molecule has 2 aromatic rings. The van der Waals surface area contributed by atoms with Gasteiger partial charge < -0.3 is 0 Å². The summed E-state index contributed by atoms with van der Waals surface area (Å²) in [5.74, 6) is 4.83. The van der Waals surface area contributed by atoms with Crippen LogP contribution in [0.3, 0.4) is 0 Å². The van der Waals surface area contributed by atoms with Gasteiger partial charge in [-0.15, -0.1) is 11.3 Å². The third kappa shape index (κ3) is 4.98. The number of aryl methyl sites for hydroxylation is 2. The van der Waals surface area contributed by atoms with E-state index in [1.165, 1.54) is 11.3 Å². The number of rotatable bonds is 7. The zero-order chi connectivity index (χ0) is 17.7. The van der Waals surface area contributed by atoms with E-state index in [1.807, 2.05) is 29.6 Å². The van der Waals surface area contributed by atoms with Crippen LogP contribution in [0.1, 0.15) is 21.8 Å². The normalized spacial score (nSPS) is 11.2. The second-order valence-electron chi connectivity index (χ2n) is 5.40. The molecular weight excluding hydrogens is 346 g/mol. The molecule has 6 nitrogen and oxygen atoms in total. The molecule has 2 rings (SSSR count). The number of sulfone groups is 1. The fourth-order valence-corrected chi connectivity index (χ4v) is 3.72. The van der Waals surface area contributed by atoms with Crippen LogP contribution in [0.4, 0.5) is 0 Å². The Morgan fingerprint density at radius 1 is 1.25 bits per heavy atom. The quantitative estimate of drug-likeness (QED) is 0.439. The average molecular weight is 365 g/mol. The number of hydrogen-bond donors (Lipinski definition) is 2. The fraction of sp³-hybridized carbons (Fsp3) is 0.250. The third-order valence-electron chi connectivity index (χ3n) is 3.46. The zero-order valence-electron chi connectivity index (χ0n) is 13.3. The van der Waals surface area contributed by atoms with Crippen LogP contribution in [0.5, 0.6) is 0 Å². The van der Waals surface area contributed by atoms with E-state index in [4.69, 9.17) is 5.84 Å². The smallest absolute Gasteiger partial charge is 0.238 e. The summed E-state index contributed by atoms with van der Waals surface area (Å²) in [5, 5.41) is 2.29. The molecule has 1 amide bonds. The standard InChI is InChI=1S/C16H19N3O3S2/c1-11(24(2,21)22)16-18-14(10-23-16)8-7-12-3-5-13(6-4-12)9-15(20)19-17/h3-6,10H,1,7-9,17H2,2H3,(H,19,20). The van der Waals surface area contributed by atoms with Crippen LogP contribution in [0.25, 0.3) is 4.91 Å². The third-order valence-corrected chi connectivity index (χ3v) is 5.62. The molecule has 0 saturated carbocycles. The van der Waals surface area contributed by atoms with Crippen molar-refractivity contribution in [3.05, 3.63) is 58.1 Å². The molecular formula is C16H19N3O3S2. The Kier molecular flexibility index (Phi) is 5.87. The summed E-state index contributed by atoms with van der Waals surface area (Å²) in [7, 11) is -3.31. The lowest BCUT2D eigenvalue weighted by atomic mass is 10.0. The molecule has 0 spiro atoms. The number of carbonyl (C=O) groups is 1. The number of nitrogens with one attached hydrogen (secondary N) is 1. The molecule has 1 aromatic carbocycles. The van der Waals surface area contributed by atoms with Gasteiger partial charge in [0.1, 0.15) is 5.01 Å². The van der Waals surface area contributed by atoms with E-state index in [1.54, 1.807) is 0 Å². The first-order valence-electron chi connectivity index (χ1n) is 7.20. The fourth-order valence-electron chi connectivity index (χ4n) is 2.04. The lowest BCUT2D eigenvalue weighted by Gasteiger charge is -2.03. The molecule has 0 radical (unpaired) electrons. The second-order valence-corrected chi connectivity index (χ2v) is 8.30. The number of carbonyl (C=O) groups excluding carboxylic acids is 1. The maximum Gasteiger partial charge on any atom is 0.238 e. The van der Waals surface area contributed by atoms with Crippen molar-refractivity contribution in [1.29, 1.82) is 0 Å². The summed E-state index contributed by atoms with van der Waals surface area (Å²) < 4.78 is 23.0. The molecule has 0 atom stereocenters. The average Bonchev–Trinajstić information content (AvgIpc) is 3.01. The minimum absolute atomic E-state index is 0.0567. The van der Waals surface area contributed by atoms with Gasteiger partial charge in [-0.05, 0) is 24.0 Å². The lowest BCUT2D eigenvalue weighted by Crippen LogP contribution is -2.31. The molecule has 128 valence electrons. The van der Waals surface area contributed by atoms with Crippen LogP contribution in [0.2, 0.25) is 0 Å². The number of nitrogens with two attached hydrogens (primary N) is 1. The van der Waals surface area contributed by atoms with Crippen LogP contribution in [-0.4, -0.2) is 25.6 Å². The molecule has 0 saturated heterocycles. The largest absolute Gasteiger partial charge is 0.294 e. The molecule has 0 aliphatic heterocycles. The van der Waals surface area contributed by atoms with Crippen molar-refractivity contribution in [1.82, 2.24) is 10.4 Å². The number of amides is 1. The lowest BCUT2D eigenvalue weighted by molar-refractivity contribution is -0.120. The Bertz CT molecular complexity index is 840. The van der Waals surface area contributed by atoms with Crippen molar-refractivity contribution >= 4 is 32.0 Å². The molecule has 0 unspecified atom stereocenters. The Labute approximate surface area is 145 Å². The highest BCUT2D eigenvalue weighted by Crippen LogP contribution is 2.22. The van der Waals surface area contributed by atoms with Crippen molar-refractivity contribution in [3.8, 4) is 0 Å². The number of hydrazine groups is 1. The van der Waals surface area contributed by atoms with Crippen LogP contribution >= 0.6 is 11.3 Å². The Morgan fingerprint density at radius 3 is 2.46 bits per heavy atom. The van der Waals surface area contributed by atoms with Crippen molar-refractivity contribution in [2.24, 2.45) is 5.84 Å². The van der Waals surface area contributed by atoms with E-state index in [9.17, 15) is 13.2 Å².